The number of nitrogens with one attached hydrogen (secondary N) is 1. The average molecular weight is 391 g/mol. The lowest BCUT2D eigenvalue weighted by Crippen LogP contribution is -2.33. The molecular weight excluding hydrogens is 365 g/mol. The van der Waals surface area contributed by atoms with Gasteiger partial charge in [0.25, 0.3) is 0 Å². The normalized spacial score (nSPS) is 16.9. The maximum absolute atomic E-state index is 13.5. The van der Waals surface area contributed by atoms with Crippen LogP contribution in [0, 0.1) is 5.82 Å². The van der Waals surface area contributed by atoms with Crippen LogP contribution in [0.3, 0.4) is 0 Å². The summed E-state index contributed by atoms with van der Waals surface area (Å²) in [5, 5.41) is 3.07. The van der Waals surface area contributed by atoms with E-state index in [1.807, 2.05) is 0 Å². The van der Waals surface area contributed by atoms with E-state index >= 15 is 0 Å². The fourth-order valence-corrected chi connectivity index (χ4v) is 3.10. The minimum absolute atomic E-state index is 0.0801. The van der Waals surface area contributed by atoms with Gasteiger partial charge in [-0.15, -0.1) is 0 Å². The summed E-state index contributed by atoms with van der Waals surface area (Å²) >= 11 is 0. The third kappa shape index (κ3) is 4.98. The van der Waals surface area contributed by atoms with Crippen molar-refractivity contribution in [3.8, 4) is 0 Å². The third-order valence-electron chi connectivity index (χ3n) is 4.27. The van der Waals surface area contributed by atoms with E-state index < -0.39 is 23.7 Å². The summed E-state index contributed by atoms with van der Waals surface area (Å²) < 4.78 is 29.1. The Morgan fingerprint density at radius 2 is 1.61 bits per heavy atom. The van der Waals surface area contributed by atoms with Crippen molar-refractivity contribution in [3.05, 3.63) is 58.2 Å². The molecule has 1 aliphatic heterocycles. The number of carbonyl (C=O) groups is 2. The number of ether oxygens (including phenoxy) is 3. The second-order valence-electron chi connectivity index (χ2n) is 6.77. The van der Waals surface area contributed by atoms with E-state index in [2.05, 4.69) is 5.32 Å². The van der Waals surface area contributed by atoms with Crippen LogP contribution >= 0.6 is 0 Å². The van der Waals surface area contributed by atoms with Crippen molar-refractivity contribution in [1.29, 1.82) is 0 Å². The molecule has 1 N–H and O–H groups in total. The number of halogens is 1. The molecule has 1 heterocycles. The first kappa shape index (κ1) is 21.6. The van der Waals surface area contributed by atoms with E-state index in [1.165, 1.54) is 19.2 Å². The first-order valence-corrected chi connectivity index (χ1v) is 9.07. The molecule has 2 rings (SSSR count). The van der Waals surface area contributed by atoms with Crippen molar-refractivity contribution < 1.29 is 28.2 Å². The molecule has 6 nitrogen and oxygen atoms in total. The highest BCUT2D eigenvalue weighted by atomic mass is 19.1. The lowest BCUT2D eigenvalue weighted by atomic mass is 9.80. The van der Waals surface area contributed by atoms with Crippen LogP contribution < -0.4 is 5.32 Å². The van der Waals surface area contributed by atoms with Gasteiger partial charge in [0.05, 0.1) is 29.8 Å². The third-order valence-corrected chi connectivity index (χ3v) is 4.27. The minimum Gasteiger partial charge on any atom is -0.460 e. The quantitative estimate of drug-likeness (QED) is 0.568. The van der Waals surface area contributed by atoms with Crippen molar-refractivity contribution in [3.63, 3.8) is 0 Å². The lowest BCUT2D eigenvalue weighted by molar-refractivity contribution is -0.143. The first-order valence-electron chi connectivity index (χ1n) is 9.07. The highest BCUT2D eigenvalue weighted by Crippen LogP contribution is 2.39. The van der Waals surface area contributed by atoms with Crippen molar-refractivity contribution in [2.75, 3.05) is 20.3 Å². The van der Waals surface area contributed by atoms with Gasteiger partial charge < -0.3 is 19.5 Å². The second-order valence-corrected chi connectivity index (χ2v) is 6.77. The van der Waals surface area contributed by atoms with Gasteiger partial charge in [0.2, 0.25) is 0 Å². The molecule has 0 fully saturated rings. The van der Waals surface area contributed by atoms with E-state index in [1.54, 1.807) is 39.8 Å². The molecule has 0 radical (unpaired) electrons. The van der Waals surface area contributed by atoms with Crippen LogP contribution in [0.25, 0.3) is 0 Å². The SMILES string of the molecule is COCCOC(=O)C1=C(C)NC(C)=C(C(=O)OC(C)C)C1c1ccc(F)cc1. The zero-order valence-corrected chi connectivity index (χ0v) is 16.8. The van der Waals surface area contributed by atoms with Crippen LogP contribution in [-0.4, -0.2) is 38.4 Å². The number of esters is 2. The molecule has 0 aromatic heterocycles. The van der Waals surface area contributed by atoms with Gasteiger partial charge in [-0.3, -0.25) is 0 Å². The molecule has 0 saturated heterocycles. The summed E-state index contributed by atoms with van der Waals surface area (Å²) in [6, 6.07) is 5.69. The van der Waals surface area contributed by atoms with Gasteiger partial charge in [-0.05, 0) is 45.4 Å². The van der Waals surface area contributed by atoms with Gasteiger partial charge in [-0.2, -0.15) is 0 Å². The molecule has 1 aromatic rings. The van der Waals surface area contributed by atoms with Crippen molar-refractivity contribution in [1.82, 2.24) is 5.32 Å². The molecule has 28 heavy (non-hydrogen) atoms. The molecule has 152 valence electrons. The molecule has 0 bridgehead atoms. The predicted octanol–water partition coefficient (Wildman–Crippen LogP) is 3.20. The van der Waals surface area contributed by atoms with Gasteiger partial charge in [-0.1, -0.05) is 12.1 Å². The summed E-state index contributed by atoms with van der Waals surface area (Å²) in [4.78, 5) is 25.6. The van der Waals surface area contributed by atoms with Crippen molar-refractivity contribution in [2.45, 2.75) is 39.7 Å². The first-order chi connectivity index (χ1) is 13.3. The number of hydrogen-bond acceptors (Lipinski definition) is 6. The second kappa shape index (κ2) is 9.50. The van der Waals surface area contributed by atoms with E-state index in [-0.39, 0.29) is 24.9 Å². The van der Waals surface area contributed by atoms with E-state index in [9.17, 15) is 14.0 Å². The number of dihydropyridines is 1. The Hall–Kier alpha value is -2.67. The Balaban J connectivity index is 2.52. The number of methoxy groups -OCH3 is 1. The topological polar surface area (TPSA) is 73.9 Å². The van der Waals surface area contributed by atoms with Crippen LogP contribution in [-0.2, 0) is 23.8 Å². The van der Waals surface area contributed by atoms with Crippen LogP contribution in [0.2, 0.25) is 0 Å². The molecule has 1 aromatic carbocycles. The van der Waals surface area contributed by atoms with E-state index in [0.717, 1.165) is 0 Å². The standard InChI is InChI=1S/C21H26FNO5/c1-12(2)28-21(25)18-14(4)23-13(3)17(20(24)27-11-10-26-5)19(18)15-6-8-16(22)9-7-15/h6-9,12,19,23H,10-11H2,1-5H3. The minimum atomic E-state index is -0.733. The summed E-state index contributed by atoms with van der Waals surface area (Å²) in [5.41, 5.74) is 2.31. The van der Waals surface area contributed by atoms with Gasteiger partial charge >= 0.3 is 11.9 Å². The molecule has 7 heteroatoms. The molecular formula is C21H26FNO5. The van der Waals surface area contributed by atoms with Crippen LogP contribution in [0.1, 0.15) is 39.2 Å². The van der Waals surface area contributed by atoms with Gasteiger partial charge in [0.1, 0.15) is 12.4 Å². The lowest BCUT2D eigenvalue weighted by Gasteiger charge is -2.30. The maximum atomic E-state index is 13.5. The monoisotopic (exact) mass is 391 g/mol. The van der Waals surface area contributed by atoms with Crippen LogP contribution in [0.5, 0.6) is 0 Å². The highest BCUT2D eigenvalue weighted by Gasteiger charge is 2.38. The molecule has 1 atom stereocenters. The molecule has 0 amide bonds. The summed E-state index contributed by atoms with van der Waals surface area (Å²) in [5.74, 6) is -2.25. The zero-order valence-electron chi connectivity index (χ0n) is 16.8. The van der Waals surface area contributed by atoms with Crippen molar-refractivity contribution >= 4 is 11.9 Å². The van der Waals surface area contributed by atoms with Gasteiger partial charge in [-0.25, -0.2) is 14.0 Å². The zero-order chi connectivity index (χ0) is 20.8. The molecule has 0 saturated carbocycles. The molecule has 1 unspecified atom stereocenters. The van der Waals surface area contributed by atoms with Gasteiger partial charge in [0, 0.05) is 18.5 Å². The molecule has 0 aliphatic carbocycles. The summed E-state index contributed by atoms with van der Waals surface area (Å²) in [7, 11) is 1.51. The number of rotatable bonds is 7. The number of benzene rings is 1. The number of carbonyl (C=O) groups excluding carboxylic acids is 2. The van der Waals surface area contributed by atoms with E-state index in [0.29, 0.717) is 22.5 Å². The molecule has 0 spiro atoms. The smallest absolute Gasteiger partial charge is 0.337 e. The number of hydrogen-bond donors (Lipinski definition) is 1. The van der Waals surface area contributed by atoms with Gasteiger partial charge in [0.15, 0.2) is 0 Å². The van der Waals surface area contributed by atoms with Crippen molar-refractivity contribution in [2.24, 2.45) is 0 Å². The largest absolute Gasteiger partial charge is 0.460 e. The maximum Gasteiger partial charge on any atom is 0.337 e. The summed E-state index contributed by atoms with van der Waals surface area (Å²) in [6.45, 7) is 7.30. The predicted molar refractivity (Wildman–Crippen MR) is 102 cm³/mol. The number of allylic oxidation sites excluding steroid dienone is 2. The highest BCUT2D eigenvalue weighted by molar-refractivity contribution is 5.99. The Morgan fingerprint density at radius 3 is 2.14 bits per heavy atom. The Kier molecular flexibility index (Phi) is 7.34. The van der Waals surface area contributed by atoms with Crippen LogP contribution in [0.4, 0.5) is 4.39 Å². The Labute approximate surface area is 164 Å². The Morgan fingerprint density at radius 1 is 1.04 bits per heavy atom. The Bertz CT molecular complexity index is 796. The average Bonchev–Trinajstić information content (AvgIpc) is 2.61. The fourth-order valence-electron chi connectivity index (χ4n) is 3.10. The molecule has 1 aliphatic rings. The van der Waals surface area contributed by atoms with E-state index in [4.69, 9.17) is 14.2 Å². The summed E-state index contributed by atoms with van der Waals surface area (Å²) in [6.07, 6.45) is -0.328. The fraction of sp³-hybridized carbons (Fsp3) is 0.429. The van der Waals surface area contributed by atoms with Crippen LogP contribution in [0.15, 0.2) is 46.8 Å².